The van der Waals surface area contributed by atoms with Gasteiger partial charge in [0.25, 0.3) is 12.4 Å². The number of H-pyrrole nitrogens is 1. The summed E-state index contributed by atoms with van der Waals surface area (Å²) in [5, 5.41) is 22.0. The van der Waals surface area contributed by atoms with Crippen molar-refractivity contribution in [2.24, 2.45) is 5.73 Å². The van der Waals surface area contributed by atoms with Crippen LogP contribution in [0.2, 0.25) is 0 Å². The van der Waals surface area contributed by atoms with Crippen molar-refractivity contribution in [2.45, 2.75) is 65.3 Å². The number of carbonyl (C=O) groups excluding carboxylic acids is 4. The number of halogens is 1. The maximum Gasteiger partial charge on any atom is 1.00 e. The Morgan fingerprint density at radius 1 is 0.981 bits per heavy atom. The number of ketones is 1. The molecule has 3 aromatic rings. The van der Waals surface area contributed by atoms with Crippen LogP contribution in [0.4, 0.5) is 9.59 Å². The van der Waals surface area contributed by atoms with Crippen LogP contribution in [-0.2, 0) is 42.0 Å². The van der Waals surface area contributed by atoms with Gasteiger partial charge in [-0.05, 0) is 36.8 Å². The van der Waals surface area contributed by atoms with Gasteiger partial charge in [-0.1, -0.05) is 84.0 Å². The Labute approximate surface area is 404 Å². The number of benzene rings is 2. The second-order valence-electron chi connectivity index (χ2n) is 10.3. The van der Waals surface area contributed by atoms with Gasteiger partial charge in [0.1, 0.15) is 13.2 Å². The second kappa shape index (κ2) is 34.5. The van der Waals surface area contributed by atoms with E-state index < -0.39 is 12.1 Å². The monoisotopic (exact) mass is 856 g/mol. The van der Waals surface area contributed by atoms with Gasteiger partial charge in [-0.2, -0.15) is 0 Å². The van der Waals surface area contributed by atoms with E-state index in [1.165, 1.54) is 4.90 Å². The number of aromatic nitrogens is 2. The van der Waals surface area contributed by atoms with Crippen LogP contribution in [0.3, 0.4) is 0 Å². The van der Waals surface area contributed by atoms with Crippen LogP contribution in [0.15, 0.2) is 73.2 Å². The van der Waals surface area contributed by atoms with Crippen LogP contribution < -0.4 is 114 Å². The number of nitrogens with two attached hydrogens (primary N) is 1. The van der Waals surface area contributed by atoms with Gasteiger partial charge in [0.2, 0.25) is 0 Å². The van der Waals surface area contributed by atoms with E-state index in [1.807, 2.05) is 60.7 Å². The SMILES string of the molecule is C.CC(=O)O.N=CN.O=C(CBr)[C@@H]1CCCN1C(=O)OCc1ccccc1.O=C(OCc1ccccc1)N1CCC[C@H]1c1cnc[nH]1.O=CO[O-].[H-].[K+].[K+]. The number of rotatable bonds is 8. The Kier molecular flexibility index (Phi) is 36.0. The van der Waals surface area contributed by atoms with E-state index in [4.69, 9.17) is 34.8 Å². The predicted octanol–water partition coefficient (Wildman–Crippen LogP) is -1.53. The van der Waals surface area contributed by atoms with Crippen LogP contribution in [0.5, 0.6) is 0 Å². The summed E-state index contributed by atoms with van der Waals surface area (Å²) in [7, 11) is 0. The molecule has 2 aliphatic heterocycles. The van der Waals surface area contributed by atoms with Crippen LogP contribution in [0.25, 0.3) is 0 Å². The first-order valence-corrected chi connectivity index (χ1v) is 16.4. The fraction of sp³-hybridized carbons (Fsp3) is 0.382. The Morgan fingerprint density at radius 2 is 1.42 bits per heavy atom. The number of carbonyl (C=O) groups is 5. The van der Waals surface area contributed by atoms with E-state index in [0.717, 1.165) is 62.3 Å². The summed E-state index contributed by atoms with van der Waals surface area (Å²) < 4.78 is 10.6. The molecule has 5 N–H and O–H groups in total. The molecule has 2 aromatic carbocycles. The molecule has 16 nitrogen and oxygen atoms in total. The fourth-order valence-corrected chi connectivity index (χ4v) is 5.14. The molecule has 1 aromatic heterocycles. The second-order valence-corrected chi connectivity index (χ2v) is 10.8. The summed E-state index contributed by atoms with van der Waals surface area (Å²) in [6.07, 6.45) is 7.02. The third-order valence-electron chi connectivity index (χ3n) is 6.81. The van der Waals surface area contributed by atoms with Crippen molar-refractivity contribution in [2.75, 3.05) is 18.4 Å². The van der Waals surface area contributed by atoms with Gasteiger partial charge in [-0.3, -0.25) is 29.6 Å². The maximum absolute atomic E-state index is 12.2. The number of ether oxygens (including phenoxy) is 2. The summed E-state index contributed by atoms with van der Waals surface area (Å²) in [5.74, 6) is -0.797. The predicted molar refractivity (Wildman–Crippen MR) is 190 cm³/mol. The van der Waals surface area contributed by atoms with Crippen LogP contribution >= 0.6 is 15.9 Å². The summed E-state index contributed by atoms with van der Waals surface area (Å²) in [6.45, 7) is 2.78. The van der Waals surface area contributed by atoms with E-state index >= 15 is 0 Å². The van der Waals surface area contributed by atoms with Crippen LogP contribution in [0.1, 0.15) is 64.3 Å². The van der Waals surface area contributed by atoms with Crippen LogP contribution in [-0.4, -0.2) is 86.1 Å². The van der Waals surface area contributed by atoms with Gasteiger partial charge < -0.3 is 36.9 Å². The topological polar surface area (TPSA) is 241 Å². The number of hydrogen-bond acceptors (Lipinski definition) is 11. The zero-order chi connectivity index (χ0) is 37.1. The minimum absolute atomic E-state index is 0. The quantitative estimate of drug-likeness (QED) is 0.0384. The molecule has 0 aliphatic carbocycles. The molecule has 5 rings (SSSR count). The van der Waals surface area contributed by atoms with Crippen LogP contribution in [0, 0.1) is 5.41 Å². The van der Waals surface area contributed by atoms with E-state index in [9.17, 15) is 14.4 Å². The summed E-state index contributed by atoms with van der Waals surface area (Å²) in [6, 6.07) is 19.0. The number of aromatic amines is 1. The first-order valence-electron chi connectivity index (χ1n) is 15.3. The minimum Gasteiger partial charge on any atom is -1.00 e. The normalized spacial score (nSPS) is 14.5. The smallest absolute Gasteiger partial charge is 1.00 e. The van der Waals surface area contributed by atoms with E-state index in [1.54, 1.807) is 17.4 Å². The number of likely N-dealkylation sites (tertiary alicyclic amines) is 2. The van der Waals surface area contributed by atoms with Crippen molar-refractivity contribution in [1.82, 2.24) is 19.8 Å². The Bertz CT molecular complexity index is 1430. The molecule has 53 heavy (non-hydrogen) atoms. The molecule has 2 atom stereocenters. The molecule has 0 radical (unpaired) electrons. The first-order chi connectivity index (χ1) is 24.1. The number of alkyl halides is 1. The molecular formula is C34H47BrK2N6O10. The molecule has 19 heteroatoms. The Morgan fingerprint density at radius 3 is 1.83 bits per heavy atom. The van der Waals surface area contributed by atoms with Crippen molar-refractivity contribution in [3.63, 3.8) is 0 Å². The summed E-state index contributed by atoms with van der Waals surface area (Å²) in [5.41, 5.74) is 7.30. The van der Waals surface area contributed by atoms with Gasteiger partial charge in [-0.25, -0.2) is 14.6 Å². The van der Waals surface area contributed by atoms with Crippen molar-refractivity contribution in [1.29, 1.82) is 5.41 Å². The van der Waals surface area contributed by atoms with Gasteiger partial charge in [0.05, 0.1) is 42.0 Å². The van der Waals surface area contributed by atoms with Crippen molar-refractivity contribution in [3.05, 3.63) is 90.0 Å². The number of carboxylic acid groups (broad SMARTS) is 1. The molecule has 0 saturated carbocycles. The van der Waals surface area contributed by atoms with Gasteiger partial charge >= 0.3 is 115 Å². The summed E-state index contributed by atoms with van der Waals surface area (Å²) in [4.78, 5) is 66.5. The molecule has 0 spiro atoms. The standard InChI is InChI=1S/C15H17N3O2.C14H16BrNO3.C2H4O2.CH4N2.CH2O3.CH4.2K.H/c19-15(20-10-12-5-2-1-3-6-12)18-8-4-7-14(18)13-9-16-11-17-13;15-9-13(17)12-7-4-8-16(12)14(18)19-10-11-5-2-1-3-6-11;1-2(3)4;2-1-3;2-1-4-3;;;;/h1-3,5-6,9,11,14H,4,7-8,10H2,(H,16,17);1-3,5-6,12H,4,7-10H2;1H3,(H,3,4);1H,(H3,2,3);1,3H;1H4;;;/q;;;;;;2*+1;-1/p-1/t14-;12-;;;;;;;/m00......./s1. The molecule has 2 amide bonds. The zero-order valence-electron chi connectivity index (χ0n) is 30.5. The molecule has 0 unspecified atom stereocenters. The number of Topliss-reactive ketones (excluding diaryl/α,β-unsaturated/α-hetero) is 1. The Hall–Kier alpha value is -2.02. The number of nitrogens with one attached hydrogen (secondary N) is 2. The van der Waals surface area contributed by atoms with E-state index in [0.29, 0.717) is 13.2 Å². The Balaban J connectivity index is -0.000000344. The molecular weight excluding hydrogens is 811 g/mol. The molecule has 2 fully saturated rings. The molecule has 282 valence electrons. The number of nitrogens with zero attached hydrogens (tertiary/aromatic N) is 3. The van der Waals surface area contributed by atoms with Gasteiger partial charge in [-0.15, -0.1) is 0 Å². The van der Waals surface area contributed by atoms with Crippen molar-refractivity contribution < 1.29 is 153 Å². The number of amides is 2. The third kappa shape index (κ3) is 23.5. The average molecular weight is 858 g/mol. The summed E-state index contributed by atoms with van der Waals surface area (Å²) >= 11 is 3.15. The number of aliphatic carboxylic acids is 1. The zero-order valence-corrected chi connectivity index (χ0v) is 37.4. The minimum atomic E-state index is -0.833. The number of carboxylic acids is 1. The number of imidazole rings is 1. The third-order valence-corrected chi connectivity index (χ3v) is 7.36. The largest absolute Gasteiger partial charge is 1.00 e. The maximum atomic E-state index is 12.2. The molecule has 2 aliphatic rings. The molecule has 0 bridgehead atoms. The average Bonchev–Trinajstić information content (AvgIpc) is 3.93. The van der Waals surface area contributed by atoms with E-state index in [-0.39, 0.29) is 154 Å². The van der Waals surface area contributed by atoms with Crippen molar-refractivity contribution in [3.8, 4) is 0 Å². The molecule has 2 saturated heterocycles. The first kappa shape index (κ1) is 55.3. The van der Waals surface area contributed by atoms with Gasteiger partial charge in [0.15, 0.2) is 5.78 Å². The van der Waals surface area contributed by atoms with Crippen molar-refractivity contribution >= 4 is 52.7 Å². The van der Waals surface area contributed by atoms with E-state index in [2.05, 4.69) is 36.5 Å². The van der Waals surface area contributed by atoms with Gasteiger partial charge in [0, 0.05) is 20.0 Å². The molecule has 3 heterocycles. The fourth-order valence-electron chi connectivity index (χ4n) is 4.77. The number of hydrogen-bond donors (Lipinski definition) is 4.